The van der Waals surface area contributed by atoms with Crippen molar-refractivity contribution >= 4 is 17.4 Å². The van der Waals surface area contributed by atoms with Gasteiger partial charge in [-0.1, -0.05) is 24.3 Å². The lowest BCUT2D eigenvalue weighted by Crippen LogP contribution is -2.28. The monoisotopic (exact) mass is 281 g/mol. The van der Waals surface area contributed by atoms with E-state index in [0.29, 0.717) is 0 Å². The average Bonchev–Trinajstić information content (AvgIpc) is 2.98. The third kappa shape index (κ3) is 2.89. The van der Waals surface area contributed by atoms with Gasteiger partial charge in [0.15, 0.2) is 0 Å². The fraction of sp³-hybridized carbons (Fsp3) is 0.294. The van der Waals surface area contributed by atoms with Gasteiger partial charge >= 0.3 is 0 Å². The van der Waals surface area contributed by atoms with Crippen LogP contribution in [0.15, 0.2) is 48.7 Å². The van der Waals surface area contributed by atoms with Crippen molar-refractivity contribution in [3.8, 4) is 0 Å². The van der Waals surface area contributed by atoms with E-state index in [1.54, 1.807) is 13.1 Å². The predicted octanol–water partition coefficient (Wildman–Crippen LogP) is 3.51. The molecule has 108 valence electrons. The van der Waals surface area contributed by atoms with Crippen LogP contribution in [-0.4, -0.2) is 22.3 Å². The summed E-state index contributed by atoms with van der Waals surface area (Å²) in [7, 11) is 0. The van der Waals surface area contributed by atoms with Crippen molar-refractivity contribution in [2.45, 2.75) is 25.8 Å². The lowest BCUT2D eigenvalue weighted by atomic mass is 10.1. The molecule has 21 heavy (non-hydrogen) atoms. The van der Waals surface area contributed by atoms with E-state index in [1.165, 1.54) is 0 Å². The number of carbonyl (C=O) groups excluding carboxylic acids is 1. The van der Waals surface area contributed by atoms with Crippen molar-refractivity contribution in [1.82, 2.24) is 9.88 Å². The van der Waals surface area contributed by atoms with Gasteiger partial charge in [0.25, 0.3) is 0 Å². The van der Waals surface area contributed by atoms with E-state index < -0.39 is 0 Å². The highest BCUT2D eigenvalue weighted by Crippen LogP contribution is 2.35. The number of aromatic nitrogens is 1. The van der Waals surface area contributed by atoms with Gasteiger partial charge in [-0.25, -0.2) is 4.98 Å². The van der Waals surface area contributed by atoms with E-state index in [4.69, 9.17) is 0 Å². The molecule has 1 fully saturated rings. The van der Waals surface area contributed by atoms with Crippen LogP contribution in [0.3, 0.4) is 0 Å². The number of nitrogens with zero attached hydrogens (tertiary/aromatic N) is 2. The van der Waals surface area contributed by atoms with E-state index in [-0.39, 0.29) is 11.9 Å². The fourth-order valence-corrected chi connectivity index (χ4v) is 2.92. The lowest BCUT2D eigenvalue weighted by molar-refractivity contribution is -0.129. The Kier molecular flexibility index (Phi) is 3.86. The van der Waals surface area contributed by atoms with Crippen molar-refractivity contribution in [3.05, 3.63) is 54.2 Å². The van der Waals surface area contributed by atoms with Crippen LogP contribution in [0.4, 0.5) is 11.5 Å². The van der Waals surface area contributed by atoms with Crippen molar-refractivity contribution in [2.75, 3.05) is 11.9 Å². The third-order valence-electron chi connectivity index (χ3n) is 3.89. The number of carbonyl (C=O) groups is 1. The number of pyridine rings is 1. The number of likely N-dealkylation sites (tertiary alicyclic amines) is 1. The minimum absolute atomic E-state index is 0.127. The zero-order valence-electron chi connectivity index (χ0n) is 12.1. The largest absolute Gasteiger partial charge is 0.340 e. The first-order valence-electron chi connectivity index (χ1n) is 7.30. The second-order valence-electron chi connectivity index (χ2n) is 5.30. The van der Waals surface area contributed by atoms with Gasteiger partial charge in [-0.05, 0) is 31.0 Å². The molecule has 0 aliphatic carbocycles. The maximum Gasteiger partial charge on any atom is 0.219 e. The Bertz CT molecular complexity index is 627. The second-order valence-corrected chi connectivity index (χ2v) is 5.30. The molecule has 0 radical (unpaired) electrons. The van der Waals surface area contributed by atoms with E-state index in [2.05, 4.69) is 16.4 Å². The van der Waals surface area contributed by atoms with Crippen molar-refractivity contribution in [3.63, 3.8) is 0 Å². The number of benzene rings is 1. The molecule has 0 bridgehead atoms. The van der Waals surface area contributed by atoms with Crippen LogP contribution in [0.1, 0.15) is 31.4 Å². The predicted molar refractivity (Wildman–Crippen MR) is 83.3 cm³/mol. The van der Waals surface area contributed by atoms with Gasteiger partial charge in [-0.3, -0.25) is 4.79 Å². The number of nitrogens with one attached hydrogen (secondary N) is 1. The first-order chi connectivity index (χ1) is 10.3. The zero-order valence-corrected chi connectivity index (χ0v) is 12.1. The minimum atomic E-state index is 0.127. The van der Waals surface area contributed by atoms with E-state index in [1.807, 2.05) is 41.3 Å². The number of hydrogen-bond acceptors (Lipinski definition) is 3. The number of anilines is 2. The lowest BCUT2D eigenvalue weighted by Gasteiger charge is -2.25. The van der Waals surface area contributed by atoms with Gasteiger partial charge in [0.2, 0.25) is 5.91 Å². The van der Waals surface area contributed by atoms with Crippen LogP contribution in [0.25, 0.3) is 0 Å². The molecule has 4 heteroatoms. The molecule has 4 nitrogen and oxygen atoms in total. The average molecular weight is 281 g/mol. The Labute approximate surface area is 124 Å². The third-order valence-corrected chi connectivity index (χ3v) is 3.89. The first-order valence-corrected chi connectivity index (χ1v) is 7.30. The van der Waals surface area contributed by atoms with Gasteiger partial charge < -0.3 is 10.2 Å². The topological polar surface area (TPSA) is 45.2 Å². The van der Waals surface area contributed by atoms with Gasteiger partial charge in [-0.15, -0.1) is 0 Å². The summed E-state index contributed by atoms with van der Waals surface area (Å²) in [6.45, 7) is 2.47. The smallest absolute Gasteiger partial charge is 0.219 e. The van der Waals surface area contributed by atoms with Crippen molar-refractivity contribution in [1.29, 1.82) is 0 Å². The summed E-state index contributed by atoms with van der Waals surface area (Å²) in [6.07, 6.45) is 3.82. The number of para-hydroxylation sites is 1. The molecule has 2 heterocycles. The highest BCUT2D eigenvalue weighted by Gasteiger charge is 2.29. The summed E-state index contributed by atoms with van der Waals surface area (Å²) < 4.78 is 0. The van der Waals surface area contributed by atoms with Crippen LogP contribution < -0.4 is 5.32 Å². The molecule has 1 saturated heterocycles. The second kappa shape index (κ2) is 5.95. The number of amides is 1. The summed E-state index contributed by atoms with van der Waals surface area (Å²) in [5.41, 5.74) is 2.10. The minimum Gasteiger partial charge on any atom is -0.340 e. The standard InChI is InChI=1S/C17H19N3O/c1-13(21)20-12-6-10-16(20)15-9-5-11-18-17(15)19-14-7-3-2-4-8-14/h2-5,7-9,11,16H,6,10,12H2,1H3,(H,18,19)/t16-/m1/s1. The molecule has 1 aliphatic rings. The maximum absolute atomic E-state index is 11.8. The molecule has 3 rings (SSSR count). The zero-order chi connectivity index (χ0) is 14.7. The Morgan fingerprint density at radius 3 is 2.81 bits per heavy atom. The van der Waals surface area contributed by atoms with E-state index >= 15 is 0 Å². The Hall–Kier alpha value is -2.36. The summed E-state index contributed by atoms with van der Waals surface area (Å²) in [4.78, 5) is 18.2. The summed E-state index contributed by atoms with van der Waals surface area (Å²) in [6, 6.07) is 14.1. The fourth-order valence-electron chi connectivity index (χ4n) is 2.92. The Balaban J connectivity index is 1.91. The molecule has 0 saturated carbocycles. The summed E-state index contributed by atoms with van der Waals surface area (Å²) in [5.74, 6) is 0.967. The Morgan fingerprint density at radius 2 is 2.05 bits per heavy atom. The van der Waals surface area contributed by atoms with Crippen LogP contribution in [0.5, 0.6) is 0 Å². The van der Waals surface area contributed by atoms with Gasteiger partial charge in [-0.2, -0.15) is 0 Å². The molecule has 1 atom stereocenters. The van der Waals surface area contributed by atoms with Crippen LogP contribution >= 0.6 is 0 Å². The summed E-state index contributed by atoms with van der Waals surface area (Å²) >= 11 is 0. The molecular weight excluding hydrogens is 262 g/mol. The SMILES string of the molecule is CC(=O)N1CCC[C@@H]1c1cccnc1Nc1ccccc1. The quantitative estimate of drug-likeness (QED) is 0.936. The van der Waals surface area contributed by atoms with Crippen LogP contribution in [0.2, 0.25) is 0 Å². The molecule has 0 spiro atoms. The first kappa shape index (κ1) is 13.6. The van der Waals surface area contributed by atoms with Gasteiger partial charge in [0.1, 0.15) is 5.82 Å². The van der Waals surface area contributed by atoms with Gasteiger partial charge in [0.05, 0.1) is 6.04 Å². The molecule has 1 aromatic carbocycles. The highest BCUT2D eigenvalue weighted by atomic mass is 16.2. The highest BCUT2D eigenvalue weighted by molar-refractivity contribution is 5.74. The van der Waals surface area contributed by atoms with Gasteiger partial charge in [0, 0.05) is 30.9 Å². The number of hydrogen-bond donors (Lipinski definition) is 1. The molecule has 1 N–H and O–H groups in total. The van der Waals surface area contributed by atoms with Crippen LogP contribution in [-0.2, 0) is 4.79 Å². The Morgan fingerprint density at radius 1 is 1.24 bits per heavy atom. The number of rotatable bonds is 3. The maximum atomic E-state index is 11.8. The normalized spacial score (nSPS) is 17.8. The van der Waals surface area contributed by atoms with Crippen molar-refractivity contribution < 1.29 is 4.79 Å². The molecule has 2 aromatic rings. The molecule has 1 aromatic heterocycles. The van der Waals surface area contributed by atoms with E-state index in [9.17, 15) is 4.79 Å². The summed E-state index contributed by atoms with van der Waals surface area (Å²) in [5, 5.41) is 3.36. The molecule has 1 amide bonds. The van der Waals surface area contributed by atoms with E-state index in [0.717, 1.165) is 36.5 Å². The van der Waals surface area contributed by atoms with Crippen LogP contribution in [0, 0.1) is 0 Å². The van der Waals surface area contributed by atoms with Crippen molar-refractivity contribution in [2.24, 2.45) is 0 Å². The molecule has 0 unspecified atom stereocenters. The molecular formula is C17H19N3O. The molecule has 1 aliphatic heterocycles.